The monoisotopic (exact) mass is 186 g/mol. The number of nitrogens with zero attached hydrogens (tertiary/aromatic N) is 2. The van der Waals surface area contributed by atoms with Crippen LogP contribution in [-0.2, 0) is 4.79 Å². The van der Waals surface area contributed by atoms with Crippen LogP contribution >= 0.6 is 0 Å². The average molecular weight is 186 g/mol. The van der Waals surface area contributed by atoms with Gasteiger partial charge < -0.3 is 0 Å². The number of ketones is 1. The van der Waals surface area contributed by atoms with Crippen molar-refractivity contribution in [2.45, 2.75) is 27.2 Å². The highest BCUT2D eigenvalue weighted by Gasteiger charge is 2.23. The third-order valence-electron chi connectivity index (χ3n) is 2.44. The van der Waals surface area contributed by atoms with Gasteiger partial charge in [-0.1, -0.05) is 13.8 Å². The minimum atomic E-state index is 0.260. The van der Waals surface area contributed by atoms with Gasteiger partial charge in [0.25, 0.3) is 0 Å². The van der Waals surface area contributed by atoms with Gasteiger partial charge in [0.2, 0.25) is 0 Å². The standard InChI is InChI=1S/C8H16N2O.C2H6/c1-7(11)8-4-5-9(2)10(3)6-8;1-2/h8H,4-6H2,1-3H3;1-2H3. The normalized spacial score (nSPS) is 24.8. The predicted octanol–water partition coefficient (Wildman–Crippen LogP) is 1.40. The van der Waals surface area contributed by atoms with E-state index in [1.165, 1.54) is 0 Å². The molecule has 1 atom stereocenters. The number of rotatable bonds is 1. The fraction of sp³-hybridized carbons (Fsp3) is 0.900. The van der Waals surface area contributed by atoms with Gasteiger partial charge in [0.05, 0.1) is 0 Å². The van der Waals surface area contributed by atoms with Crippen LogP contribution in [0.4, 0.5) is 0 Å². The Balaban J connectivity index is 0.000000671. The molecule has 0 aromatic rings. The third-order valence-corrected chi connectivity index (χ3v) is 2.44. The molecule has 3 nitrogen and oxygen atoms in total. The van der Waals surface area contributed by atoms with E-state index in [0.29, 0.717) is 5.78 Å². The van der Waals surface area contributed by atoms with Crippen molar-refractivity contribution in [3.8, 4) is 0 Å². The molecule has 1 saturated heterocycles. The Labute approximate surface area is 81.7 Å². The van der Waals surface area contributed by atoms with Gasteiger partial charge in [-0.3, -0.25) is 4.79 Å². The minimum Gasteiger partial charge on any atom is -0.300 e. The first-order valence-corrected chi connectivity index (χ1v) is 5.04. The van der Waals surface area contributed by atoms with E-state index in [9.17, 15) is 4.79 Å². The zero-order valence-electron chi connectivity index (χ0n) is 9.50. The topological polar surface area (TPSA) is 23.6 Å². The van der Waals surface area contributed by atoms with Crippen molar-refractivity contribution in [1.29, 1.82) is 0 Å². The van der Waals surface area contributed by atoms with Crippen molar-refractivity contribution in [3.63, 3.8) is 0 Å². The highest BCUT2D eigenvalue weighted by molar-refractivity contribution is 5.78. The Bertz CT molecular complexity index is 159. The zero-order chi connectivity index (χ0) is 10.4. The van der Waals surface area contributed by atoms with E-state index in [0.717, 1.165) is 19.5 Å². The summed E-state index contributed by atoms with van der Waals surface area (Å²) in [4.78, 5) is 11.0. The molecule has 1 fully saturated rings. The minimum absolute atomic E-state index is 0.260. The second-order valence-corrected chi connectivity index (χ2v) is 3.32. The maximum Gasteiger partial charge on any atom is 0.134 e. The fourth-order valence-corrected chi connectivity index (χ4v) is 1.39. The first kappa shape index (κ1) is 12.6. The van der Waals surface area contributed by atoms with Crippen molar-refractivity contribution in [1.82, 2.24) is 10.0 Å². The molecular weight excluding hydrogens is 164 g/mol. The van der Waals surface area contributed by atoms with E-state index < -0.39 is 0 Å². The molecule has 78 valence electrons. The Kier molecular flexibility index (Phi) is 5.91. The van der Waals surface area contributed by atoms with Crippen molar-refractivity contribution in [3.05, 3.63) is 0 Å². The number of Topliss-reactive ketones (excluding diaryl/α,β-unsaturated/α-hetero) is 1. The molecule has 0 aliphatic carbocycles. The molecule has 0 spiro atoms. The van der Waals surface area contributed by atoms with Crippen LogP contribution in [0, 0.1) is 5.92 Å². The smallest absolute Gasteiger partial charge is 0.134 e. The summed E-state index contributed by atoms with van der Waals surface area (Å²) in [5.41, 5.74) is 0. The molecule has 0 saturated carbocycles. The van der Waals surface area contributed by atoms with Gasteiger partial charge in [0.1, 0.15) is 5.78 Å². The summed E-state index contributed by atoms with van der Waals surface area (Å²) >= 11 is 0. The summed E-state index contributed by atoms with van der Waals surface area (Å²) in [5, 5.41) is 4.26. The Hall–Kier alpha value is -0.410. The van der Waals surface area contributed by atoms with E-state index >= 15 is 0 Å². The van der Waals surface area contributed by atoms with Gasteiger partial charge in [0.15, 0.2) is 0 Å². The molecule has 1 unspecified atom stereocenters. The van der Waals surface area contributed by atoms with Gasteiger partial charge in [0, 0.05) is 33.1 Å². The Morgan fingerprint density at radius 2 is 1.77 bits per heavy atom. The van der Waals surface area contributed by atoms with Crippen LogP contribution in [0.15, 0.2) is 0 Å². The lowest BCUT2D eigenvalue weighted by molar-refractivity contribution is -0.126. The SMILES string of the molecule is CC.CC(=O)C1CCN(C)N(C)C1. The van der Waals surface area contributed by atoms with Crippen LogP contribution < -0.4 is 0 Å². The molecule has 0 N–H and O–H groups in total. The number of hydrazine groups is 1. The first-order chi connectivity index (χ1) is 6.11. The molecule has 0 radical (unpaired) electrons. The van der Waals surface area contributed by atoms with Crippen molar-refractivity contribution >= 4 is 5.78 Å². The Morgan fingerprint density at radius 1 is 1.23 bits per heavy atom. The van der Waals surface area contributed by atoms with Gasteiger partial charge in [-0.05, 0) is 13.3 Å². The third kappa shape index (κ3) is 3.87. The van der Waals surface area contributed by atoms with Gasteiger partial charge in [-0.15, -0.1) is 0 Å². The van der Waals surface area contributed by atoms with E-state index in [4.69, 9.17) is 0 Å². The van der Waals surface area contributed by atoms with Gasteiger partial charge >= 0.3 is 0 Å². The summed E-state index contributed by atoms with van der Waals surface area (Å²) in [6.07, 6.45) is 1.01. The lowest BCUT2D eigenvalue weighted by Gasteiger charge is -2.36. The van der Waals surface area contributed by atoms with Gasteiger partial charge in [-0.25, -0.2) is 10.0 Å². The summed E-state index contributed by atoms with van der Waals surface area (Å²) < 4.78 is 0. The van der Waals surface area contributed by atoms with Crippen LogP contribution in [0.5, 0.6) is 0 Å². The number of carbonyl (C=O) groups excluding carboxylic acids is 1. The predicted molar refractivity (Wildman–Crippen MR) is 55.4 cm³/mol. The van der Waals surface area contributed by atoms with Crippen LogP contribution in [-0.4, -0.2) is 43.0 Å². The molecule has 1 rings (SSSR count). The maximum absolute atomic E-state index is 11.0. The van der Waals surface area contributed by atoms with E-state index in [1.807, 2.05) is 20.9 Å². The highest BCUT2D eigenvalue weighted by atomic mass is 16.1. The maximum atomic E-state index is 11.0. The van der Waals surface area contributed by atoms with Gasteiger partial charge in [-0.2, -0.15) is 0 Å². The van der Waals surface area contributed by atoms with E-state index in [2.05, 4.69) is 17.1 Å². The molecule has 0 amide bonds. The van der Waals surface area contributed by atoms with Crippen LogP contribution in [0.2, 0.25) is 0 Å². The highest BCUT2D eigenvalue weighted by Crippen LogP contribution is 2.14. The van der Waals surface area contributed by atoms with Crippen LogP contribution in [0.3, 0.4) is 0 Å². The zero-order valence-corrected chi connectivity index (χ0v) is 9.50. The average Bonchev–Trinajstić information content (AvgIpc) is 2.13. The molecule has 1 aliphatic rings. The van der Waals surface area contributed by atoms with E-state index in [-0.39, 0.29) is 5.92 Å². The van der Waals surface area contributed by atoms with Crippen LogP contribution in [0.25, 0.3) is 0 Å². The molecule has 0 bridgehead atoms. The molecule has 1 aliphatic heterocycles. The fourth-order valence-electron chi connectivity index (χ4n) is 1.39. The molecule has 0 aromatic carbocycles. The first-order valence-electron chi connectivity index (χ1n) is 5.04. The second-order valence-electron chi connectivity index (χ2n) is 3.32. The molecular formula is C10H22N2O. The molecule has 0 aromatic heterocycles. The molecule has 13 heavy (non-hydrogen) atoms. The number of carbonyl (C=O) groups is 1. The van der Waals surface area contributed by atoms with Crippen LogP contribution in [0.1, 0.15) is 27.2 Å². The number of hydrogen-bond acceptors (Lipinski definition) is 3. The summed E-state index contributed by atoms with van der Waals surface area (Å²) in [6, 6.07) is 0. The van der Waals surface area contributed by atoms with Crippen molar-refractivity contribution in [2.75, 3.05) is 27.2 Å². The van der Waals surface area contributed by atoms with E-state index in [1.54, 1.807) is 6.92 Å². The quantitative estimate of drug-likeness (QED) is 0.618. The molecule has 3 heteroatoms. The van der Waals surface area contributed by atoms with Crippen molar-refractivity contribution < 1.29 is 4.79 Å². The summed E-state index contributed by atoms with van der Waals surface area (Å²) in [7, 11) is 4.07. The summed E-state index contributed by atoms with van der Waals surface area (Å²) in [5.74, 6) is 0.584. The summed E-state index contributed by atoms with van der Waals surface area (Å²) in [6.45, 7) is 7.57. The van der Waals surface area contributed by atoms with Crippen molar-refractivity contribution in [2.24, 2.45) is 5.92 Å². The second kappa shape index (κ2) is 6.11. The number of hydrogen-bond donors (Lipinski definition) is 0. The Morgan fingerprint density at radius 3 is 2.15 bits per heavy atom. The lowest BCUT2D eigenvalue weighted by atomic mass is 9.99. The molecule has 1 heterocycles. The largest absolute Gasteiger partial charge is 0.300 e. The lowest BCUT2D eigenvalue weighted by Crippen LogP contribution is -2.47.